The fraction of sp³-hybridized carbons (Fsp3) is 0.111. The molecule has 3 rings (SSSR count). The number of benzene rings is 2. The van der Waals surface area contributed by atoms with Crippen LogP contribution in [0.1, 0.15) is 28.3 Å². The number of nitrogens with one attached hydrogen (secondary N) is 1. The van der Waals surface area contributed by atoms with Gasteiger partial charge in [-0.05, 0) is 13.0 Å². The summed E-state index contributed by atoms with van der Waals surface area (Å²) >= 11 is 1.44. The summed E-state index contributed by atoms with van der Waals surface area (Å²) in [5.74, 6) is -0.490. The lowest BCUT2D eigenvalue weighted by Gasteiger charge is -2.11. The van der Waals surface area contributed by atoms with Gasteiger partial charge in [0.15, 0.2) is 0 Å². The summed E-state index contributed by atoms with van der Waals surface area (Å²) in [6.45, 7) is 1.81. The Morgan fingerprint density at radius 3 is 2.56 bits per heavy atom. The fourth-order valence-corrected chi connectivity index (χ4v) is 3.22. The summed E-state index contributed by atoms with van der Waals surface area (Å²) in [6.07, 6.45) is 0. The number of nitro benzene ring substituents is 1. The summed E-state index contributed by atoms with van der Waals surface area (Å²) < 4.78 is 0. The van der Waals surface area contributed by atoms with Crippen molar-refractivity contribution in [3.63, 3.8) is 0 Å². The summed E-state index contributed by atoms with van der Waals surface area (Å²) in [5, 5.41) is 16.5. The molecular formula is C18H15N3O3S. The molecule has 1 amide bonds. The number of amides is 1. The zero-order valence-corrected chi connectivity index (χ0v) is 14.2. The molecule has 1 heterocycles. The predicted molar refractivity (Wildman–Crippen MR) is 96.5 cm³/mol. The first-order valence-corrected chi connectivity index (χ1v) is 8.49. The Hall–Kier alpha value is -3.06. The van der Waals surface area contributed by atoms with E-state index in [1.54, 1.807) is 13.0 Å². The molecule has 0 spiro atoms. The SMILES string of the molecule is CC(NC(=O)c1ccccc1[N+](=O)[O-])c1nc(-c2ccccc2)cs1. The number of carbonyl (C=O) groups excluding carboxylic acids is 1. The highest BCUT2D eigenvalue weighted by molar-refractivity contribution is 7.10. The average molecular weight is 353 g/mol. The molecule has 0 fully saturated rings. The molecule has 0 aliphatic carbocycles. The fourth-order valence-electron chi connectivity index (χ4n) is 2.39. The van der Waals surface area contributed by atoms with Crippen LogP contribution < -0.4 is 5.32 Å². The molecule has 1 N–H and O–H groups in total. The quantitative estimate of drug-likeness (QED) is 0.550. The Morgan fingerprint density at radius 2 is 1.84 bits per heavy atom. The highest BCUT2D eigenvalue weighted by Crippen LogP contribution is 2.26. The minimum absolute atomic E-state index is 0.0409. The Bertz CT molecular complexity index is 909. The van der Waals surface area contributed by atoms with Crippen LogP contribution in [0.2, 0.25) is 0 Å². The molecule has 0 aliphatic rings. The minimum Gasteiger partial charge on any atom is -0.343 e. The van der Waals surface area contributed by atoms with Crippen molar-refractivity contribution in [3.8, 4) is 11.3 Å². The number of thiazole rings is 1. The van der Waals surface area contributed by atoms with E-state index in [1.807, 2.05) is 35.7 Å². The van der Waals surface area contributed by atoms with Crippen LogP contribution in [0.5, 0.6) is 0 Å². The first-order valence-electron chi connectivity index (χ1n) is 7.61. The van der Waals surface area contributed by atoms with E-state index in [0.29, 0.717) is 0 Å². The highest BCUT2D eigenvalue weighted by Gasteiger charge is 2.22. The van der Waals surface area contributed by atoms with Gasteiger partial charge in [-0.2, -0.15) is 0 Å². The van der Waals surface area contributed by atoms with Crippen molar-refractivity contribution in [2.75, 3.05) is 0 Å². The van der Waals surface area contributed by atoms with Gasteiger partial charge in [-0.25, -0.2) is 4.98 Å². The lowest BCUT2D eigenvalue weighted by molar-refractivity contribution is -0.385. The molecule has 1 unspecified atom stereocenters. The molecule has 25 heavy (non-hydrogen) atoms. The normalized spacial score (nSPS) is 11.7. The van der Waals surface area contributed by atoms with Gasteiger partial charge in [-0.3, -0.25) is 14.9 Å². The number of rotatable bonds is 5. The number of aromatic nitrogens is 1. The van der Waals surface area contributed by atoms with Crippen molar-refractivity contribution in [1.29, 1.82) is 0 Å². The molecule has 0 saturated heterocycles. The molecule has 126 valence electrons. The third kappa shape index (κ3) is 3.72. The second-order valence-electron chi connectivity index (χ2n) is 5.41. The number of nitrogens with zero attached hydrogens (tertiary/aromatic N) is 2. The maximum absolute atomic E-state index is 12.4. The van der Waals surface area contributed by atoms with Crippen molar-refractivity contribution in [1.82, 2.24) is 10.3 Å². The molecule has 6 nitrogen and oxygen atoms in total. The molecule has 1 atom stereocenters. The minimum atomic E-state index is -0.559. The van der Waals surface area contributed by atoms with E-state index < -0.39 is 10.8 Å². The number of hydrogen-bond acceptors (Lipinski definition) is 5. The lowest BCUT2D eigenvalue weighted by Crippen LogP contribution is -2.27. The van der Waals surface area contributed by atoms with Crippen molar-refractivity contribution in [3.05, 3.63) is 80.7 Å². The van der Waals surface area contributed by atoms with Gasteiger partial charge in [0, 0.05) is 17.0 Å². The molecule has 3 aromatic rings. The monoisotopic (exact) mass is 353 g/mol. The number of para-hydroxylation sites is 1. The van der Waals surface area contributed by atoms with Crippen molar-refractivity contribution in [2.24, 2.45) is 0 Å². The van der Waals surface area contributed by atoms with Gasteiger partial charge in [0.25, 0.3) is 11.6 Å². The smallest absolute Gasteiger partial charge is 0.282 e. The van der Waals surface area contributed by atoms with E-state index in [9.17, 15) is 14.9 Å². The van der Waals surface area contributed by atoms with E-state index in [4.69, 9.17) is 0 Å². The second kappa shape index (κ2) is 7.23. The summed E-state index contributed by atoms with van der Waals surface area (Å²) in [5.41, 5.74) is 1.67. The maximum atomic E-state index is 12.4. The topological polar surface area (TPSA) is 85.1 Å². The van der Waals surface area contributed by atoms with Crippen LogP contribution in [0.25, 0.3) is 11.3 Å². The molecule has 7 heteroatoms. The predicted octanol–water partition coefficient (Wildman–Crippen LogP) is 4.21. The molecule has 0 aliphatic heterocycles. The zero-order chi connectivity index (χ0) is 17.8. The van der Waals surface area contributed by atoms with Gasteiger partial charge in [0.1, 0.15) is 10.6 Å². The average Bonchev–Trinajstić information content (AvgIpc) is 3.12. The van der Waals surface area contributed by atoms with E-state index in [0.717, 1.165) is 16.3 Å². The van der Waals surface area contributed by atoms with Crippen LogP contribution in [0.3, 0.4) is 0 Å². The zero-order valence-electron chi connectivity index (χ0n) is 13.4. The van der Waals surface area contributed by atoms with Gasteiger partial charge in [0.2, 0.25) is 0 Å². The molecule has 0 bridgehead atoms. The third-order valence-electron chi connectivity index (χ3n) is 3.65. The largest absolute Gasteiger partial charge is 0.343 e. The van der Waals surface area contributed by atoms with Gasteiger partial charge in [-0.1, -0.05) is 42.5 Å². The van der Waals surface area contributed by atoms with Crippen molar-refractivity contribution < 1.29 is 9.72 Å². The van der Waals surface area contributed by atoms with Gasteiger partial charge in [-0.15, -0.1) is 11.3 Å². The van der Waals surface area contributed by atoms with Crippen LogP contribution in [0, 0.1) is 10.1 Å². The molecular weight excluding hydrogens is 338 g/mol. The standard InChI is InChI=1S/C18H15N3O3S/c1-12(18-20-15(11-25-18)13-7-3-2-4-8-13)19-17(22)14-9-5-6-10-16(14)21(23)24/h2-12H,1H3,(H,19,22). The Labute approximate surface area is 148 Å². The first kappa shape index (κ1) is 16.8. The van der Waals surface area contributed by atoms with Crippen LogP contribution in [-0.2, 0) is 0 Å². The van der Waals surface area contributed by atoms with Crippen molar-refractivity contribution >= 4 is 22.9 Å². The Kier molecular flexibility index (Phi) is 4.85. The molecule has 0 radical (unpaired) electrons. The Morgan fingerprint density at radius 1 is 1.16 bits per heavy atom. The summed E-state index contributed by atoms with van der Waals surface area (Å²) in [6, 6.07) is 15.3. The van der Waals surface area contributed by atoms with Gasteiger partial charge < -0.3 is 5.32 Å². The van der Waals surface area contributed by atoms with Crippen LogP contribution in [0.4, 0.5) is 5.69 Å². The van der Waals surface area contributed by atoms with Crippen LogP contribution in [0.15, 0.2) is 60.0 Å². The first-order chi connectivity index (χ1) is 12.1. The van der Waals surface area contributed by atoms with Crippen LogP contribution >= 0.6 is 11.3 Å². The molecule has 0 saturated carbocycles. The van der Waals surface area contributed by atoms with E-state index in [1.165, 1.54) is 29.5 Å². The van der Waals surface area contributed by atoms with Gasteiger partial charge in [0.05, 0.1) is 16.7 Å². The van der Waals surface area contributed by atoms with E-state index >= 15 is 0 Å². The summed E-state index contributed by atoms with van der Waals surface area (Å²) in [7, 11) is 0. The maximum Gasteiger partial charge on any atom is 0.282 e. The Balaban J connectivity index is 1.77. The summed E-state index contributed by atoms with van der Waals surface area (Å²) in [4.78, 5) is 27.4. The van der Waals surface area contributed by atoms with E-state index in [-0.39, 0.29) is 17.3 Å². The lowest BCUT2D eigenvalue weighted by atomic mass is 10.1. The number of hydrogen-bond donors (Lipinski definition) is 1. The van der Waals surface area contributed by atoms with Crippen molar-refractivity contribution in [2.45, 2.75) is 13.0 Å². The second-order valence-corrected chi connectivity index (χ2v) is 6.30. The highest BCUT2D eigenvalue weighted by atomic mass is 32.1. The molecule has 2 aromatic carbocycles. The number of carbonyl (C=O) groups is 1. The van der Waals surface area contributed by atoms with Gasteiger partial charge >= 0.3 is 0 Å². The number of nitro groups is 1. The van der Waals surface area contributed by atoms with Crippen LogP contribution in [-0.4, -0.2) is 15.8 Å². The third-order valence-corrected chi connectivity index (χ3v) is 4.68. The molecule has 1 aromatic heterocycles. The van der Waals surface area contributed by atoms with E-state index in [2.05, 4.69) is 10.3 Å².